The Morgan fingerprint density at radius 3 is 2.61 bits per heavy atom. The van der Waals surface area contributed by atoms with Gasteiger partial charge in [-0.15, -0.1) is 0 Å². The van der Waals surface area contributed by atoms with E-state index in [-0.39, 0.29) is 41.8 Å². The van der Waals surface area contributed by atoms with Crippen molar-refractivity contribution >= 4 is 22.6 Å². The molecule has 33 heavy (non-hydrogen) atoms. The van der Waals surface area contributed by atoms with Crippen molar-refractivity contribution in [1.29, 1.82) is 0 Å². The number of carbonyl (C=O) groups is 1. The van der Waals surface area contributed by atoms with Gasteiger partial charge in [-0.25, -0.2) is 18.4 Å². The third-order valence-electron chi connectivity index (χ3n) is 4.91. The predicted molar refractivity (Wildman–Crippen MR) is 113 cm³/mol. The zero-order valence-electron chi connectivity index (χ0n) is 16.9. The number of aromatic nitrogens is 4. The number of amides is 1. The van der Waals surface area contributed by atoms with Crippen LogP contribution in [0.2, 0.25) is 0 Å². The van der Waals surface area contributed by atoms with Crippen LogP contribution in [-0.2, 0) is 13.1 Å². The lowest BCUT2D eigenvalue weighted by atomic mass is 10.2. The molecule has 0 aliphatic heterocycles. The largest absolute Gasteiger partial charge is 0.350 e. The highest BCUT2D eigenvalue weighted by atomic mass is 19.1. The Morgan fingerprint density at radius 1 is 1.15 bits per heavy atom. The second kappa shape index (κ2) is 8.94. The Kier molecular flexibility index (Phi) is 5.89. The number of nitro benzene ring substituents is 1. The SMILES string of the molecule is O=C(NCCn1ncc2c(=O)n(Cc3ccc([N+](=O)[O-])cc3)cnc21)c1ccc(F)cc1F. The first-order valence-corrected chi connectivity index (χ1v) is 9.71. The van der Waals surface area contributed by atoms with E-state index in [0.29, 0.717) is 17.3 Å². The molecular formula is C21H16F2N6O4. The minimum atomic E-state index is -0.965. The van der Waals surface area contributed by atoms with E-state index in [1.54, 1.807) is 12.1 Å². The van der Waals surface area contributed by atoms with E-state index in [4.69, 9.17) is 0 Å². The van der Waals surface area contributed by atoms with Crippen LogP contribution >= 0.6 is 0 Å². The molecule has 2 aromatic carbocycles. The van der Waals surface area contributed by atoms with Gasteiger partial charge in [-0.1, -0.05) is 12.1 Å². The molecule has 0 aliphatic carbocycles. The zero-order valence-corrected chi connectivity index (χ0v) is 16.9. The van der Waals surface area contributed by atoms with Crippen LogP contribution in [0.3, 0.4) is 0 Å². The van der Waals surface area contributed by atoms with Crippen molar-refractivity contribution in [2.45, 2.75) is 13.1 Å². The Bertz CT molecular complexity index is 1410. The Hall–Kier alpha value is -4.48. The van der Waals surface area contributed by atoms with Gasteiger partial charge in [-0.05, 0) is 17.7 Å². The minimum absolute atomic E-state index is 0.0461. The zero-order chi connectivity index (χ0) is 23.5. The first-order chi connectivity index (χ1) is 15.8. The number of nitrogens with zero attached hydrogens (tertiary/aromatic N) is 5. The predicted octanol–water partition coefficient (Wildman–Crippen LogP) is 2.26. The van der Waals surface area contributed by atoms with Gasteiger partial charge in [-0.2, -0.15) is 5.10 Å². The fourth-order valence-electron chi connectivity index (χ4n) is 3.24. The number of halogens is 2. The van der Waals surface area contributed by atoms with Crippen LogP contribution in [0.25, 0.3) is 11.0 Å². The molecule has 168 valence electrons. The van der Waals surface area contributed by atoms with Gasteiger partial charge in [0.15, 0.2) is 5.65 Å². The third-order valence-corrected chi connectivity index (χ3v) is 4.91. The van der Waals surface area contributed by atoms with Gasteiger partial charge in [0, 0.05) is 24.7 Å². The lowest BCUT2D eigenvalue weighted by Gasteiger charge is -2.08. The molecule has 10 nitrogen and oxygen atoms in total. The second-order valence-electron chi connectivity index (χ2n) is 7.09. The first-order valence-electron chi connectivity index (χ1n) is 9.71. The van der Waals surface area contributed by atoms with E-state index in [1.165, 1.54) is 33.9 Å². The highest BCUT2D eigenvalue weighted by Crippen LogP contribution is 2.13. The van der Waals surface area contributed by atoms with Crippen molar-refractivity contribution in [3.63, 3.8) is 0 Å². The van der Waals surface area contributed by atoms with E-state index in [2.05, 4.69) is 15.4 Å². The molecule has 0 unspecified atom stereocenters. The summed E-state index contributed by atoms with van der Waals surface area (Å²) in [6, 6.07) is 8.51. The van der Waals surface area contributed by atoms with E-state index in [1.807, 2.05) is 0 Å². The molecule has 1 N–H and O–H groups in total. The van der Waals surface area contributed by atoms with E-state index in [0.717, 1.165) is 12.1 Å². The number of non-ortho nitro benzene ring substituents is 1. The summed E-state index contributed by atoms with van der Waals surface area (Å²) in [5.74, 6) is -2.45. The van der Waals surface area contributed by atoms with Crippen LogP contribution in [0.5, 0.6) is 0 Å². The van der Waals surface area contributed by atoms with Crippen LogP contribution in [0.15, 0.2) is 59.8 Å². The van der Waals surface area contributed by atoms with Crippen molar-refractivity contribution in [3.8, 4) is 0 Å². The lowest BCUT2D eigenvalue weighted by Crippen LogP contribution is -2.28. The molecule has 4 rings (SSSR count). The lowest BCUT2D eigenvalue weighted by molar-refractivity contribution is -0.384. The van der Waals surface area contributed by atoms with Crippen LogP contribution in [0, 0.1) is 21.7 Å². The van der Waals surface area contributed by atoms with Gasteiger partial charge in [0.05, 0.1) is 29.8 Å². The number of fused-ring (bicyclic) bond motifs is 1. The van der Waals surface area contributed by atoms with Gasteiger partial charge < -0.3 is 5.32 Å². The van der Waals surface area contributed by atoms with Crippen LogP contribution in [-0.4, -0.2) is 36.7 Å². The molecule has 0 radical (unpaired) electrons. The maximum Gasteiger partial charge on any atom is 0.269 e. The molecule has 0 saturated carbocycles. The molecule has 4 aromatic rings. The molecule has 2 heterocycles. The number of nitro groups is 1. The van der Waals surface area contributed by atoms with Gasteiger partial charge in [0.2, 0.25) is 0 Å². The van der Waals surface area contributed by atoms with Gasteiger partial charge >= 0.3 is 0 Å². The number of hydrogen-bond donors (Lipinski definition) is 1. The minimum Gasteiger partial charge on any atom is -0.350 e. The normalized spacial score (nSPS) is 11.0. The standard InChI is InChI=1S/C21H16F2N6O4/c22-14-3-6-16(18(23)9-14)20(30)24-7-8-28-19-17(10-26-28)21(31)27(12-25-19)11-13-1-4-15(5-2-13)29(32)33/h1-6,9-10,12H,7-8,11H2,(H,24,30). The molecule has 0 fully saturated rings. The average Bonchev–Trinajstić information content (AvgIpc) is 3.19. The van der Waals surface area contributed by atoms with Crippen LogP contribution in [0.4, 0.5) is 14.5 Å². The summed E-state index contributed by atoms with van der Waals surface area (Å²) in [7, 11) is 0. The number of benzene rings is 2. The van der Waals surface area contributed by atoms with E-state index >= 15 is 0 Å². The summed E-state index contributed by atoms with van der Waals surface area (Å²) in [5.41, 5.74) is 0.320. The fraction of sp³-hybridized carbons (Fsp3) is 0.143. The molecule has 12 heteroatoms. The Morgan fingerprint density at radius 2 is 1.91 bits per heavy atom. The monoisotopic (exact) mass is 454 g/mol. The summed E-state index contributed by atoms with van der Waals surface area (Å²) < 4.78 is 29.5. The van der Waals surface area contributed by atoms with Crippen LogP contribution < -0.4 is 10.9 Å². The van der Waals surface area contributed by atoms with E-state index in [9.17, 15) is 28.5 Å². The Labute approximate surface area is 184 Å². The first kappa shape index (κ1) is 21.7. The van der Waals surface area contributed by atoms with E-state index < -0.39 is 22.5 Å². The highest BCUT2D eigenvalue weighted by molar-refractivity contribution is 5.94. The summed E-state index contributed by atoms with van der Waals surface area (Å²) in [4.78, 5) is 39.4. The van der Waals surface area contributed by atoms with Crippen LogP contribution in [0.1, 0.15) is 15.9 Å². The van der Waals surface area contributed by atoms with Crippen molar-refractivity contribution in [2.75, 3.05) is 6.54 Å². The summed E-state index contributed by atoms with van der Waals surface area (Å²) in [5, 5.41) is 17.7. The maximum atomic E-state index is 13.7. The Balaban J connectivity index is 1.45. The molecule has 0 aliphatic rings. The number of rotatable bonds is 7. The molecule has 1 amide bonds. The molecule has 0 bridgehead atoms. The molecule has 0 atom stereocenters. The third kappa shape index (κ3) is 4.59. The van der Waals surface area contributed by atoms with Crippen molar-refractivity contribution in [2.24, 2.45) is 0 Å². The summed E-state index contributed by atoms with van der Waals surface area (Å²) in [6.07, 6.45) is 2.70. The molecule has 0 spiro atoms. The highest BCUT2D eigenvalue weighted by Gasteiger charge is 2.14. The number of nitrogens with one attached hydrogen (secondary N) is 1. The van der Waals surface area contributed by atoms with Gasteiger partial charge in [-0.3, -0.25) is 24.3 Å². The summed E-state index contributed by atoms with van der Waals surface area (Å²) >= 11 is 0. The topological polar surface area (TPSA) is 125 Å². The van der Waals surface area contributed by atoms with Gasteiger partial charge in [0.25, 0.3) is 17.2 Å². The maximum absolute atomic E-state index is 13.7. The molecule has 2 aromatic heterocycles. The van der Waals surface area contributed by atoms with Crippen molar-refractivity contribution in [1.82, 2.24) is 24.6 Å². The smallest absolute Gasteiger partial charge is 0.269 e. The van der Waals surface area contributed by atoms with Crippen molar-refractivity contribution < 1.29 is 18.5 Å². The fourth-order valence-corrected chi connectivity index (χ4v) is 3.24. The quantitative estimate of drug-likeness (QED) is 0.337. The molecular weight excluding hydrogens is 438 g/mol. The average molecular weight is 454 g/mol. The molecule has 0 saturated heterocycles. The van der Waals surface area contributed by atoms with Crippen molar-refractivity contribution in [3.05, 3.63) is 98.2 Å². The number of hydrogen-bond acceptors (Lipinski definition) is 6. The summed E-state index contributed by atoms with van der Waals surface area (Å²) in [6.45, 7) is 0.404. The van der Waals surface area contributed by atoms with Gasteiger partial charge in [0.1, 0.15) is 23.3 Å². The second-order valence-corrected chi connectivity index (χ2v) is 7.09. The number of carbonyl (C=O) groups excluding carboxylic acids is 1.